The number of nitrogens with zero attached hydrogens (tertiary/aromatic N) is 7. The van der Waals surface area contributed by atoms with Crippen molar-refractivity contribution in [1.29, 1.82) is 5.26 Å². The first-order chi connectivity index (χ1) is 9.43. The van der Waals surface area contributed by atoms with Crippen LogP contribution in [-0.4, -0.2) is 73.5 Å². The average molecular weight is 273 g/mol. The summed E-state index contributed by atoms with van der Waals surface area (Å²) >= 11 is 0. The van der Waals surface area contributed by atoms with Crippen LogP contribution in [0, 0.1) is 11.3 Å². The van der Waals surface area contributed by atoms with E-state index in [2.05, 4.69) is 15.0 Å². The summed E-state index contributed by atoms with van der Waals surface area (Å²) in [4.78, 5) is 29.6. The minimum atomic E-state index is -0.265. The van der Waals surface area contributed by atoms with Crippen LogP contribution in [0.5, 0.6) is 0 Å². The zero-order chi connectivity index (χ0) is 14.9. The highest BCUT2D eigenvalue weighted by atomic mass is 16.1. The van der Waals surface area contributed by atoms with E-state index in [-0.39, 0.29) is 17.9 Å². The second kappa shape index (κ2) is 5.13. The van der Waals surface area contributed by atoms with Gasteiger partial charge >= 0.3 is 0 Å². The maximum absolute atomic E-state index is 11.8. The van der Waals surface area contributed by atoms with Crippen molar-refractivity contribution in [2.75, 3.05) is 34.7 Å². The number of carbonyl (C=O) groups is 1. The summed E-state index contributed by atoms with van der Waals surface area (Å²) in [5.41, 5.74) is 0.0526. The Kier molecular flexibility index (Phi) is 3.52. The van der Waals surface area contributed by atoms with Crippen molar-refractivity contribution in [3.8, 4) is 6.07 Å². The van der Waals surface area contributed by atoms with Crippen LogP contribution in [0.3, 0.4) is 0 Å². The molecule has 0 aromatic rings. The van der Waals surface area contributed by atoms with E-state index in [1.54, 1.807) is 35.1 Å². The predicted octanol–water partition coefficient (Wildman–Crippen LogP) is -0.517. The van der Waals surface area contributed by atoms with Crippen molar-refractivity contribution in [2.45, 2.75) is 0 Å². The van der Waals surface area contributed by atoms with Crippen molar-refractivity contribution in [3.05, 3.63) is 11.4 Å². The third-order valence-corrected chi connectivity index (χ3v) is 2.62. The minimum Gasteiger partial charge on any atom is -0.369 e. The van der Waals surface area contributed by atoms with Gasteiger partial charge in [-0.15, -0.1) is 0 Å². The van der Waals surface area contributed by atoms with Crippen molar-refractivity contribution in [1.82, 2.24) is 14.7 Å². The van der Waals surface area contributed by atoms with E-state index in [0.29, 0.717) is 17.7 Å². The number of nitriles is 1. The summed E-state index contributed by atoms with van der Waals surface area (Å²) in [7, 11) is 7.24. The van der Waals surface area contributed by atoms with Gasteiger partial charge in [0.15, 0.2) is 11.6 Å². The Hall–Kier alpha value is -2.69. The molecule has 0 atom stereocenters. The number of rotatable bonds is 1. The second-order valence-corrected chi connectivity index (χ2v) is 4.75. The molecule has 8 nitrogen and oxygen atoms in total. The summed E-state index contributed by atoms with van der Waals surface area (Å²) in [5, 5.41) is 9.08. The summed E-state index contributed by atoms with van der Waals surface area (Å²) < 4.78 is 0. The Morgan fingerprint density at radius 1 is 1.35 bits per heavy atom. The minimum absolute atomic E-state index is 0.0477. The van der Waals surface area contributed by atoms with Gasteiger partial charge in [0, 0.05) is 28.2 Å². The Bertz CT molecular complexity index is 604. The lowest BCUT2D eigenvalue weighted by Crippen LogP contribution is -2.35. The van der Waals surface area contributed by atoms with E-state index < -0.39 is 0 Å². The lowest BCUT2D eigenvalue weighted by atomic mass is 10.2. The molecule has 0 radical (unpaired) electrons. The van der Waals surface area contributed by atoms with Crippen molar-refractivity contribution >= 4 is 24.0 Å². The fourth-order valence-corrected chi connectivity index (χ4v) is 1.69. The molecule has 0 saturated carbocycles. The predicted molar refractivity (Wildman–Crippen MR) is 75.1 cm³/mol. The van der Waals surface area contributed by atoms with E-state index in [9.17, 15) is 4.79 Å². The van der Waals surface area contributed by atoms with E-state index in [1.807, 2.05) is 20.2 Å². The molecule has 0 fully saturated rings. The standard InChI is InChI=1S/C12H15N7O/c1-17(2)7-14-11-16-12(18(3)4)15-10-8(5-13)9(20)6-19(10)11/h7H,6H2,1-4H3/b14-7+. The molecule has 0 N–H and O–H groups in total. The molecule has 0 aromatic heterocycles. The Labute approximate surface area is 117 Å². The number of hydrogen-bond acceptors (Lipinski definition) is 7. The third-order valence-electron chi connectivity index (χ3n) is 2.62. The molecule has 0 bridgehead atoms. The van der Waals surface area contributed by atoms with Gasteiger partial charge in [-0.3, -0.25) is 9.69 Å². The van der Waals surface area contributed by atoms with E-state index in [4.69, 9.17) is 5.26 Å². The lowest BCUT2D eigenvalue weighted by Gasteiger charge is -2.24. The van der Waals surface area contributed by atoms with Crippen LogP contribution in [0.15, 0.2) is 26.4 Å². The lowest BCUT2D eigenvalue weighted by molar-refractivity contribution is -0.114. The molecule has 2 aliphatic rings. The van der Waals surface area contributed by atoms with Crippen molar-refractivity contribution in [2.24, 2.45) is 15.0 Å². The van der Waals surface area contributed by atoms with Gasteiger partial charge in [-0.1, -0.05) is 0 Å². The number of carbonyl (C=O) groups excluding carboxylic acids is 1. The maximum atomic E-state index is 11.8. The van der Waals surface area contributed by atoms with Crippen molar-refractivity contribution in [3.63, 3.8) is 0 Å². The van der Waals surface area contributed by atoms with Crippen molar-refractivity contribution < 1.29 is 4.79 Å². The molecule has 0 unspecified atom stereocenters. The molecule has 2 heterocycles. The molecule has 0 aromatic carbocycles. The Morgan fingerprint density at radius 2 is 2.05 bits per heavy atom. The van der Waals surface area contributed by atoms with Gasteiger partial charge in [0.1, 0.15) is 11.6 Å². The molecule has 0 amide bonds. The largest absolute Gasteiger partial charge is 0.369 e. The number of Topliss-reactive ketones (excluding diaryl/α,β-unsaturated/α-hetero) is 1. The summed E-state index contributed by atoms with van der Waals surface area (Å²) in [6.45, 7) is 0.0477. The Balaban J connectivity index is 2.49. The topological polar surface area (TPSA) is 87.7 Å². The van der Waals surface area contributed by atoms with Crippen LogP contribution in [0.25, 0.3) is 0 Å². The molecule has 0 saturated heterocycles. The fraction of sp³-hybridized carbons (Fsp3) is 0.417. The van der Waals surface area contributed by atoms with Crippen LogP contribution >= 0.6 is 0 Å². The van der Waals surface area contributed by atoms with Gasteiger partial charge in [0.05, 0.1) is 12.9 Å². The SMILES string of the molecule is CN(C)/C=N/C1=NC(N(C)C)=NC2=C(C#N)C(=O)CN12. The quantitative estimate of drug-likeness (QED) is 0.474. The summed E-state index contributed by atoms with van der Waals surface area (Å²) in [6.07, 6.45) is 1.59. The monoisotopic (exact) mass is 273 g/mol. The average Bonchev–Trinajstić information content (AvgIpc) is 2.70. The first kappa shape index (κ1) is 13.7. The van der Waals surface area contributed by atoms with Gasteiger partial charge in [-0.25, -0.2) is 4.99 Å². The first-order valence-corrected chi connectivity index (χ1v) is 5.94. The van der Waals surface area contributed by atoms with Crippen LogP contribution in [-0.2, 0) is 4.79 Å². The molecule has 0 aliphatic carbocycles. The van der Waals surface area contributed by atoms with Gasteiger partial charge in [0.2, 0.25) is 11.9 Å². The summed E-state index contributed by atoms with van der Waals surface area (Å²) in [5.74, 6) is 0.816. The smallest absolute Gasteiger partial charge is 0.236 e. The third kappa shape index (κ3) is 2.38. The molecular formula is C12H15N7O. The fourth-order valence-electron chi connectivity index (χ4n) is 1.69. The van der Waals surface area contributed by atoms with E-state index in [1.165, 1.54) is 0 Å². The highest BCUT2D eigenvalue weighted by Gasteiger charge is 2.36. The van der Waals surface area contributed by atoms with Gasteiger partial charge in [0.25, 0.3) is 0 Å². The molecule has 104 valence electrons. The number of aliphatic imine (C=N–C) groups is 3. The van der Waals surface area contributed by atoms with Crippen LogP contribution in [0.2, 0.25) is 0 Å². The molecule has 20 heavy (non-hydrogen) atoms. The number of hydrogen-bond donors (Lipinski definition) is 0. The molecule has 8 heteroatoms. The zero-order valence-corrected chi connectivity index (χ0v) is 11.8. The highest BCUT2D eigenvalue weighted by molar-refractivity contribution is 6.10. The molecule has 0 spiro atoms. The second-order valence-electron chi connectivity index (χ2n) is 4.75. The summed E-state index contributed by atoms with van der Waals surface area (Å²) in [6, 6.07) is 1.90. The number of ketones is 1. The maximum Gasteiger partial charge on any atom is 0.236 e. The van der Waals surface area contributed by atoms with E-state index >= 15 is 0 Å². The van der Waals surface area contributed by atoms with Crippen LogP contribution in [0.1, 0.15) is 0 Å². The van der Waals surface area contributed by atoms with Crippen LogP contribution < -0.4 is 0 Å². The number of fused-ring (bicyclic) bond motifs is 1. The molecule has 2 rings (SSSR count). The highest BCUT2D eigenvalue weighted by Crippen LogP contribution is 2.25. The molecular weight excluding hydrogens is 258 g/mol. The zero-order valence-electron chi connectivity index (χ0n) is 11.8. The normalized spacial score (nSPS) is 17.9. The van der Waals surface area contributed by atoms with Gasteiger partial charge < -0.3 is 9.80 Å². The number of guanidine groups is 2. The first-order valence-electron chi connectivity index (χ1n) is 5.94. The molecule has 2 aliphatic heterocycles. The van der Waals surface area contributed by atoms with Gasteiger partial charge in [-0.2, -0.15) is 15.2 Å². The van der Waals surface area contributed by atoms with Crippen LogP contribution in [0.4, 0.5) is 0 Å². The van der Waals surface area contributed by atoms with E-state index in [0.717, 1.165) is 0 Å². The van der Waals surface area contributed by atoms with Gasteiger partial charge in [-0.05, 0) is 0 Å². The Morgan fingerprint density at radius 3 is 2.60 bits per heavy atom.